The fourth-order valence-electron chi connectivity index (χ4n) is 3.99. The summed E-state index contributed by atoms with van der Waals surface area (Å²) in [6, 6.07) is 10.2. The van der Waals surface area contributed by atoms with E-state index in [9.17, 15) is 9.59 Å². The fourth-order valence-corrected chi connectivity index (χ4v) is 4.74. The largest absolute Gasteiger partial charge is 0.495 e. The topological polar surface area (TPSA) is 108 Å². The number of methoxy groups -OCH3 is 1. The first kappa shape index (κ1) is 26.2. The van der Waals surface area contributed by atoms with Gasteiger partial charge in [0.05, 0.1) is 41.3 Å². The van der Waals surface area contributed by atoms with Crippen LogP contribution in [0.3, 0.4) is 0 Å². The first-order valence-electron chi connectivity index (χ1n) is 12.0. The maximum Gasteiger partial charge on any atom is 0.222 e. The van der Waals surface area contributed by atoms with E-state index in [0.29, 0.717) is 34.9 Å². The standard InChI is InChI=1S/C27H31N5O4Si/c1-18(34)31-24-13-20(8-9-28-24)27-25(22-7-6-21(35-2)15-29-22)26-23(12-19(16-33)14-30-26)32(27)17-36-10-11-37(3,4)5/h6-9,12-16H,10-11,17H2,1-5H3,(H,28,31,34). The van der Waals surface area contributed by atoms with Crippen molar-refractivity contribution in [3.05, 3.63) is 54.5 Å². The van der Waals surface area contributed by atoms with Crippen LogP contribution in [0, 0.1) is 0 Å². The van der Waals surface area contributed by atoms with Gasteiger partial charge in [-0.1, -0.05) is 19.6 Å². The Balaban J connectivity index is 1.95. The third-order valence-electron chi connectivity index (χ3n) is 5.84. The number of pyridine rings is 3. The van der Waals surface area contributed by atoms with Gasteiger partial charge in [0, 0.05) is 45.1 Å². The van der Waals surface area contributed by atoms with Gasteiger partial charge >= 0.3 is 0 Å². The van der Waals surface area contributed by atoms with Crippen LogP contribution in [0.25, 0.3) is 33.5 Å². The predicted octanol–water partition coefficient (Wildman–Crippen LogP) is 5.25. The monoisotopic (exact) mass is 517 g/mol. The van der Waals surface area contributed by atoms with E-state index in [1.807, 2.05) is 34.9 Å². The van der Waals surface area contributed by atoms with Gasteiger partial charge in [-0.3, -0.25) is 19.6 Å². The molecule has 0 saturated heterocycles. The summed E-state index contributed by atoms with van der Waals surface area (Å²) in [6.07, 6.45) is 5.63. The lowest BCUT2D eigenvalue weighted by Gasteiger charge is -2.17. The molecule has 10 heteroatoms. The Kier molecular flexibility index (Phi) is 7.79. The molecule has 0 unspecified atom stereocenters. The molecule has 0 spiro atoms. The number of amides is 1. The highest BCUT2D eigenvalue weighted by atomic mass is 28.3. The Labute approximate surface area is 216 Å². The molecule has 1 N–H and O–H groups in total. The number of aromatic nitrogens is 4. The van der Waals surface area contributed by atoms with E-state index in [-0.39, 0.29) is 12.6 Å². The molecule has 4 heterocycles. The second kappa shape index (κ2) is 11.0. The van der Waals surface area contributed by atoms with Gasteiger partial charge in [0.1, 0.15) is 18.3 Å². The van der Waals surface area contributed by atoms with Crippen molar-refractivity contribution in [2.75, 3.05) is 19.0 Å². The minimum Gasteiger partial charge on any atom is -0.495 e. The van der Waals surface area contributed by atoms with Crippen LogP contribution in [0.5, 0.6) is 5.75 Å². The number of rotatable bonds is 10. The molecule has 1 amide bonds. The highest BCUT2D eigenvalue weighted by Gasteiger charge is 2.23. The predicted molar refractivity (Wildman–Crippen MR) is 147 cm³/mol. The van der Waals surface area contributed by atoms with Gasteiger partial charge in [0.15, 0.2) is 6.29 Å². The lowest BCUT2D eigenvalue weighted by atomic mass is 10.0. The molecule has 0 saturated carbocycles. The average molecular weight is 518 g/mol. The number of carbonyl (C=O) groups excluding carboxylic acids is 2. The number of carbonyl (C=O) groups is 2. The first-order valence-corrected chi connectivity index (χ1v) is 15.7. The SMILES string of the molecule is COc1ccc(-c2c(-c3ccnc(NC(C)=O)c3)n(COCC[Si](C)(C)C)c3cc(C=O)cnc23)nc1. The Hall–Kier alpha value is -3.89. The Morgan fingerprint density at radius 3 is 2.57 bits per heavy atom. The lowest BCUT2D eigenvalue weighted by Crippen LogP contribution is -2.22. The van der Waals surface area contributed by atoms with Gasteiger partial charge < -0.3 is 19.4 Å². The maximum absolute atomic E-state index is 11.7. The lowest BCUT2D eigenvalue weighted by molar-refractivity contribution is -0.114. The van der Waals surface area contributed by atoms with E-state index >= 15 is 0 Å². The highest BCUT2D eigenvalue weighted by Crippen LogP contribution is 2.40. The molecular formula is C27H31N5O4Si. The summed E-state index contributed by atoms with van der Waals surface area (Å²) in [5.41, 5.74) is 4.96. The molecule has 0 aromatic carbocycles. The molecule has 0 radical (unpaired) electrons. The van der Waals surface area contributed by atoms with Crippen molar-refractivity contribution in [2.45, 2.75) is 39.3 Å². The van der Waals surface area contributed by atoms with E-state index in [2.05, 4.69) is 39.9 Å². The zero-order valence-electron chi connectivity index (χ0n) is 21.7. The number of hydrogen-bond acceptors (Lipinski definition) is 7. The zero-order valence-corrected chi connectivity index (χ0v) is 22.7. The van der Waals surface area contributed by atoms with Crippen molar-refractivity contribution in [1.82, 2.24) is 19.5 Å². The summed E-state index contributed by atoms with van der Waals surface area (Å²) in [5.74, 6) is 0.850. The van der Waals surface area contributed by atoms with E-state index < -0.39 is 8.07 Å². The van der Waals surface area contributed by atoms with Crippen LogP contribution < -0.4 is 10.1 Å². The molecule has 0 bridgehead atoms. The van der Waals surface area contributed by atoms with Crippen molar-refractivity contribution in [2.24, 2.45) is 0 Å². The molecule has 0 aliphatic rings. The molecule has 0 aliphatic heterocycles. The molecule has 37 heavy (non-hydrogen) atoms. The summed E-state index contributed by atoms with van der Waals surface area (Å²) >= 11 is 0. The molecule has 0 aliphatic carbocycles. The van der Waals surface area contributed by atoms with Gasteiger partial charge in [-0.2, -0.15) is 0 Å². The number of nitrogens with one attached hydrogen (secondary N) is 1. The number of ether oxygens (including phenoxy) is 2. The smallest absolute Gasteiger partial charge is 0.222 e. The second-order valence-corrected chi connectivity index (χ2v) is 15.6. The van der Waals surface area contributed by atoms with Crippen molar-refractivity contribution < 1.29 is 19.1 Å². The van der Waals surface area contributed by atoms with Crippen LogP contribution in [0.15, 0.2) is 48.9 Å². The normalized spacial score (nSPS) is 11.5. The molecular weight excluding hydrogens is 486 g/mol. The van der Waals surface area contributed by atoms with Gasteiger partial charge in [0.25, 0.3) is 0 Å². The molecule has 4 aromatic heterocycles. The molecule has 4 aromatic rings. The number of hydrogen-bond donors (Lipinski definition) is 1. The Bertz CT molecular complexity index is 1430. The van der Waals surface area contributed by atoms with Gasteiger partial charge in [-0.15, -0.1) is 0 Å². The molecule has 0 fully saturated rings. The van der Waals surface area contributed by atoms with E-state index in [1.54, 1.807) is 25.7 Å². The number of nitrogens with zero attached hydrogens (tertiary/aromatic N) is 4. The van der Waals surface area contributed by atoms with E-state index in [1.165, 1.54) is 6.92 Å². The highest BCUT2D eigenvalue weighted by molar-refractivity contribution is 6.76. The Morgan fingerprint density at radius 1 is 1.11 bits per heavy atom. The zero-order chi connectivity index (χ0) is 26.6. The summed E-state index contributed by atoms with van der Waals surface area (Å²) in [7, 11) is 0.308. The summed E-state index contributed by atoms with van der Waals surface area (Å²) < 4.78 is 13.5. The second-order valence-electron chi connectivity index (χ2n) is 9.95. The van der Waals surface area contributed by atoms with Crippen LogP contribution in [0.2, 0.25) is 25.7 Å². The quantitative estimate of drug-likeness (QED) is 0.174. The summed E-state index contributed by atoms with van der Waals surface area (Å²) in [6.45, 7) is 9.24. The molecule has 9 nitrogen and oxygen atoms in total. The van der Waals surface area contributed by atoms with Crippen LogP contribution in [-0.4, -0.2) is 53.5 Å². The van der Waals surface area contributed by atoms with Crippen molar-refractivity contribution >= 4 is 37.1 Å². The van der Waals surface area contributed by atoms with Crippen LogP contribution in [0.4, 0.5) is 5.82 Å². The summed E-state index contributed by atoms with van der Waals surface area (Å²) in [5, 5.41) is 2.75. The number of fused-ring (bicyclic) bond motifs is 1. The molecule has 4 rings (SSSR count). The summed E-state index contributed by atoms with van der Waals surface area (Å²) in [4.78, 5) is 36.9. The van der Waals surface area contributed by atoms with Gasteiger partial charge in [-0.25, -0.2) is 4.98 Å². The van der Waals surface area contributed by atoms with Crippen LogP contribution >= 0.6 is 0 Å². The maximum atomic E-state index is 11.7. The molecule has 192 valence electrons. The molecule has 0 atom stereocenters. The van der Waals surface area contributed by atoms with Gasteiger partial charge in [-0.05, 0) is 36.4 Å². The van der Waals surface area contributed by atoms with E-state index in [4.69, 9.17) is 9.47 Å². The van der Waals surface area contributed by atoms with Crippen molar-refractivity contribution in [1.29, 1.82) is 0 Å². The van der Waals surface area contributed by atoms with Crippen LogP contribution in [-0.2, 0) is 16.3 Å². The average Bonchev–Trinajstić information content (AvgIpc) is 3.19. The fraction of sp³-hybridized carbons (Fsp3) is 0.296. The first-order chi connectivity index (χ1) is 17.7. The Morgan fingerprint density at radius 2 is 1.92 bits per heavy atom. The van der Waals surface area contributed by atoms with Crippen molar-refractivity contribution in [3.8, 4) is 28.3 Å². The number of aldehydes is 1. The van der Waals surface area contributed by atoms with Crippen molar-refractivity contribution in [3.63, 3.8) is 0 Å². The third kappa shape index (κ3) is 6.09. The number of anilines is 1. The van der Waals surface area contributed by atoms with Gasteiger partial charge in [0.2, 0.25) is 5.91 Å². The van der Waals surface area contributed by atoms with E-state index in [0.717, 1.165) is 34.7 Å². The third-order valence-corrected chi connectivity index (χ3v) is 7.55. The minimum absolute atomic E-state index is 0.214. The minimum atomic E-state index is -1.28. The van der Waals surface area contributed by atoms with Crippen LogP contribution in [0.1, 0.15) is 17.3 Å².